The molecule has 0 spiro atoms. The van der Waals surface area contributed by atoms with Crippen LogP contribution in [0.1, 0.15) is 59.5 Å². The molecule has 0 aliphatic carbocycles. The minimum atomic E-state index is -1.68. The number of hydrogen-bond donors (Lipinski definition) is 4. The van der Waals surface area contributed by atoms with Crippen molar-refractivity contribution in [3.8, 4) is 11.5 Å². The average molecular weight is 977 g/mol. The number of ketones is 2. The molecule has 16 nitrogen and oxygen atoms in total. The van der Waals surface area contributed by atoms with Crippen molar-refractivity contribution < 1.29 is 38.2 Å². The monoisotopic (exact) mass is 974 g/mol. The predicted molar refractivity (Wildman–Crippen MR) is 255 cm³/mol. The lowest BCUT2D eigenvalue weighted by Crippen LogP contribution is -2.32. The summed E-state index contributed by atoms with van der Waals surface area (Å²) >= 11 is 24.4. The van der Waals surface area contributed by atoms with Crippen molar-refractivity contribution in [3.63, 3.8) is 0 Å². The second-order valence-corrected chi connectivity index (χ2v) is 15.4. The zero-order valence-corrected chi connectivity index (χ0v) is 38.8. The van der Waals surface area contributed by atoms with Crippen LogP contribution < -0.4 is 30.7 Å². The van der Waals surface area contributed by atoms with E-state index in [-0.39, 0.29) is 68.6 Å². The second kappa shape index (κ2) is 24.0. The Morgan fingerprint density at radius 3 is 1.21 bits per heavy atom. The first-order chi connectivity index (χ1) is 31.6. The largest absolute Gasteiger partial charge is 0.488 e. The van der Waals surface area contributed by atoms with Gasteiger partial charge in [0.2, 0.25) is 12.1 Å². The first-order valence-electron chi connectivity index (χ1n) is 20.0. The standard InChI is InChI=1S/C46H42Cl4N8O8/c1-5-65-41-35(53-45(63)39(25(3)59)57-55-37-21-29(11-17-33(37)49)43(61)51-31-13-7-27(23-47)8-14-31)19-20-36(42(41)66-6-2)54-46(64)40(26(4)60)58-56-38-22-30(12-18-34(38)50)44(62)52-32-15-9-28(24-48)10-16-32/h7-22,39-40H,5-6,23-24H2,1-4H3,(H,51,61)(H,52,62)(H,53,63)(H,54,64). The van der Waals surface area contributed by atoms with Gasteiger partial charge >= 0.3 is 0 Å². The Kier molecular flexibility index (Phi) is 18.3. The van der Waals surface area contributed by atoms with Gasteiger partial charge in [-0.25, -0.2) is 0 Å². The lowest BCUT2D eigenvalue weighted by Gasteiger charge is -2.20. The van der Waals surface area contributed by atoms with Crippen LogP contribution in [-0.2, 0) is 30.9 Å². The van der Waals surface area contributed by atoms with Crippen LogP contribution in [0.15, 0.2) is 118 Å². The van der Waals surface area contributed by atoms with E-state index in [1.54, 1.807) is 62.4 Å². The summed E-state index contributed by atoms with van der Waals surface area (Å²) in [5.74, 6) is -3.53. The van der Waals surface area contributed by atoms with Crippen LogP contribution in [0.4, 0.5) is 34.1 Å². The van der Waals surface area contributed by atoms with E-state index in [9.17, 15) is 28.8 Å². The summed E-state index contributed by atoms with van der Waals surface area (Å²) < 4.78 is 11.7. The van der Waals surface area contributed by atoms with Gasteiger partial charge in [0.25, 0.3) is 23.6 Å². The highest BCUT2D eigenvalue weighted by molar-refractivity contribution is 6.33. The molecule has 5 aromatic rings. The summed E-state index contributed by atoms with van der Waals surface area (Å²) in [4.78, 5) is 78.9. The highest BCUT2D eigenvalue weighted by Crippen LogP contribution is 2.42. The zero-order chi connectivity index (χ0) is 47.9. The molecule has 342 valence electrons. The van der Waals surface area contributed by atoms with Gasteiger partial charge in [0.15, 0.2) is 23.1 Å². The van der Waals surface area contributed by atoms with Gasteiger partial charge in [-0.2, -0.15) is 20.5 Å². The van der Waals surface area contributed by atoms with Crippen molar-refractivity contribution in [2.75, 3.05) is 34.5 Å². The number of hydrogen-bond acceptors (Lipinski definition) is 12. The lowest BCUT2D eigenvalue weighted by molar-refractivity contribution is -0.127. The van der Waals surface area contributed by atoms with Crippen LogP contribution in [0.2, 0.25) is 10.0 Å². The molecule has 0 aliphatic rings. The smallest absolute Gasteiger partial charge is 0.258 e. The summed E-state index contributed by atoms with van der Waals surface area (Å²) in [6.45, 7) is 5.77. The highest BCUT2D eigenvalue weighted by atomic mass is 35.5. The second-order valence-electron chi connectivity index (χ2n) is 14.0. The van der Waals surface area contributed by atoms with E-state index in [1.807, 2.05) is 0 Å². The van der Waals surface area contributed by atoms with Crippen molar-refractivity contribution in [2.45, 2.75) is 51.5 Å². The van der Waals surface area contributed by atoms with Gasteiger partial charge in [-0.15, -0.1) is 23.2 Å². The Balaban J connectivity index is 1.34. The SMILES string of the molecule is CCOc1c(NC(=O)C(N=Nc2cc(C(=O)Nc3ccc(CCl)cc3)ccc2Cl)C(C)=O)ccc(NC(=O)C(N=Nc2cc(C(=O)Nc3ccc(CCl)cc3)ccc2Cl)C(C)=O)c1OCC. The minimum absolute atomic E-state index is 0.0165. The van der Waals surface area contributed by atoms with Crippen molar-refractivity contribution >= 4 is 116 Å². The molecule has 0 fully saturated rings. The summed E-state index contributed by atoms with van der Waals surface area (Å²) in [5.41, 5.74) is 3.26. The molecule has 2 unspecified atom stereocenters. The fourth-order valence-electron chi connectivity index (χ4n) is 5.84. The van der Waals surface area contributed by atoms with Crippen molar-refractivity contribution in [3.05, 3.63) is 129 Å². The van der Waals surface area contributed by atoms with Crippen LogP contribution in [0.25, 0.3) is 0 Å². The van der Waals surface area contributed by atoms with E-state index in [1.165, 1.54) is 48.5 Å². The minimum Gasteiger partial charge on any atom is -0.488 e. The highest BCUT2D eigenvalue weighted by Gasteiger charge is 2.29. The molecule has 66 heavy (non-hydrogen) atoms. The van der Waals surface area contributed by atoms with Gasteiger partial charge in [-0.3, -0.25) is 28.8 Å². The number of benzene rings is 5. The van der Waals surface area contributed by atoms with Gasteiger partial charge in [0.05, 0.1) is 34.6 Å². The van der Waals surface area contributed by atoms with Crippen LogP contribution in [0.5, 0.6) is 11.5 Å². The number of nitrogens with one attached hydrogen (secondary N) is 4. The summed E-state index contributed by atoms with van der Waals surface area (Å²) in [5, 5.41) is 27.0. The van der Waals surface area contributed by atoms with E-state index >= 15 is 0 Å². The van der Waals surface area contributed by atoms with Gasteiger partial charge in [0, 0.05) is 34.3 Å². The Bertz CT molecular complexity index is 2500. The Labute approximate surface area is 399 Å². The number of nitrogens with zero attached hydrogens (tertiary/aromatic N) is 4. The molecule has 2 atom stereocenters. The number of carbonyl (C=O) groups excluding carboxylic acids is 6. The van der Waals surface area contributed by atoms with E-state index in [4.69, 9.17) is 55.9 Å². The topological polar surface area (TPSA) is 218 Å². The molecule has 0 heterocycles. The number of alkyl halides is 2. The van der Waals surface area contributed by atoms with E-state index in [0.29, 0.717) is 23.1 Å². The molecule has 0 aromatic heterocycles. The molecule has 0 bridgehead atoms. The van der Waals surface area contributed by atoms with Crippen molar-refractivity contribution in [1.82, 2.24) is 0 Å². The quantitative estimate of drug-likeness (QED) is 0.0333. The molecule has 0 saturated heterocycles. The Morgan fingerprint density at radius 1 is 0.530 bits per heavy atom. The normalized spacial score (nSPS) is 12.0. The molecular formula is C46H42Cl4N8O8. The maximum absolute atomic E-state index is 13.7. The summed E-state index contributed by atoms with van der Waals surface area (Å²) in [6, 6.07) is 21.8. The maximum atomic E-state index is 13.7. The van der Waals surface area contributed by atoms with Gasteiger partial charge < -0.3 is 30.7 Å². The summed E-state index contributed by atoms with van der Waals surface area (Å²) in [6.07, 6.45) is 0. The van der Waals surface area contributed by atoms with Crippen LogP contribution in [0, 0.1) is 0 Å². The molecule has 5 rings (SSSR count). The molecule has 20 heteroatoms. The maximum Gasteiger partial charge on any atom is 0.258 e. The van der Waals surface area contributed by atoms with Crippen LogP contribution in [-0.4, -0.2) is 60.5 Å². The Hall–Kier alpha value is -6.72. The first-order valence-corrected chi connectivity index (χ1v) is 21.9. The van der Waals surface area contributed by atoms with E-state index in [2.05, 4.69) is 41.7 Å². The molecule has 5 aromatic carbocycles. The number of rotatable bonds is 20. The zero-order valence-electron chi connectivity index (χ0n) is 35.8. The number of azo groups is 2. The third-order valence-corrected chi connectivity index (χ3v) is 10.4. The van der Waals surface area contributed by atoms with Gasteiger partial charge in [-0.1, -0.05) is 47.5 Å². The molecule has 4 amide bonds. The van der Waals surface area contributed by atoms with Crippen molar-refractivity contribution in [1.29, 1.82) is 0 Å². The van der Waals surface area contributed by atoms with E-state index < -0.39 is 47.3 Å². The molecule has 0 saturated carbocycles. The van der Waals surface area contributed by atoms with Crippen molar-refractivity contribution in [2.24, 2.45) is 20.5 Å². The number of anilines is 4. The third kappa shape index (κ3) is 13.4. The van der Waals surface area contributed by atoms with Gasteiger partial charge in [-0.05, 0) is 112 Å². The molecule has 0 aliphatic heterocycles. The fourth-order valence-corrected chi connectivity index (χ4v) is 6.50. The number of halogens is 4. The molecule has 0 radical (unpaired) electrons. The van der Waals surface area contributed by atoms with Gasteiger partial charge in [0.1, 0.15) is 11.4 Å². The molecular weight excluding hydrogens is 934 g/mol. The average Bonchev–Trinajstić information content (AvgIpc) is 3.29. The number of Topliss-reactive ketones (excluding diaryl/α,β-unsaturated/α-hetero) is 2. The number of ether oxygens (including phenoxy) is 2. The first kappa shape index (κ1) is 50.3. The fraction of sp³-hybridized carbons (Fsp3) is 0.217. The third-order valence-electron chi connectivity index (χ3n) is 9.18. The van der Waals surface area contributed by atoms with Crippen LogP contribution in [0.3, 0.4) is 0 Å². The molecule has 4 N–H and O–H groups in total. The van der Waals surface area contributed by atoms with Crippen LogP contribution >= 0.6 is 46.4 Å². The van der Waals surface area contributed by atoms with E-state index in [0.717, 1.165) is 25.0 Å². The number of carbonyl (C=O) groups is 6. The Morgan fingerprint density at radius 2 is 0.894 bits per heavy atom. The summed E-state index contributed by atoms with van der Waals surface area (Å²) in [7, 11) is 0. The number of amides is 4. The lowest BCUT2D eigenvalue weighted by atomic mass is 10.1. The predicted octanol–water partition coefficient (Wildman–Crippen LogP) is 11.1.